The van der Waals surface area contributed by atoms with Crippen LogP contribution in [-0.4, -0.2) is 36.5 Å². The number of hydrogen-bond acceptors (Lipinski definition) is 3. The molecule has 0 radical (unpaired) electrons. The van der Waals surface area contributed by atoms with Gasteiger partial charge in [-0.1, -0.05) is 42.5 Å². The van der Waals surface area contributed by atoms with Crippen molar-refractivity contribution in [3.05, 3.63) is 71.3 Å². The Morgan fingerprint density at radius 3 is 2.40 bits per heavy atom. The summed E-state index contributed by atoms with van der Waals surface area (Å²) in [4.78, 5) is 7.30. The van der Waals surface area contributed by atoms with Gasteiger partial charge >= 0.3 is 0 Å². The minimum absolute atomic E-state index is 0. The van der Waals surface area contributed by atoms with E-state index in [-0.39, 0.29) is 24.0 Å². The molecule has 1 aliphatic heterocycles. The number of nitrogens with zero attached hydrogens (tertiary/aromatic N) is 3. The smallest absolute Gasteiger partial charge is 0.191 e. The van der Waals surface area contributed by atoms with E-state index < -0.39 is 0 Å². The molecular weight excluding hydrogens is 485 g/mol. The first-order valence-corrected chi connectivity index (χ1v) is 10.5. The summed E-state index contributed by atoms with van der Waals surface area (Å²) in [5.74, 6) is 0.867. The third kappa shape index (κ3) is 6.99. The molecule has 0 amide bonds. The second-order valence-corrected chi connectivity index (χ2v) is 7.55. The predicted molar refractivity (Wildman–Crippen MR) is 134 cm³/mol. The lowest BCUT2D eigenvalue weighted by Crippen LogP contribution is -2.49. The molecule has 3 rings (SSSR count). The average Bonchev–Trinajstić information content (AvgIpc) is 2.78. The van der Waals surface area contributed by atoms with E-state index in [1.165, 1.54) is 5.56 Å². The third-order valence-electron chi connectivity index (χ3n) is 5.55. The first-order valence-electron chi connectivity index (χ1n) is 10.5. The van der Waals surface area contributed by atoms with Gasteiger partial charge in [-0.2, -0.15) is 5.26 Å². The largest absolute Gasteiger partial charge is 0.357 e. The molecular formula is C24H32IN5. The van der Waals surface area contributed by atoms with E-state index >= 15 is 0 Å². The van der Waals surface area contributed by atoms with Crippen LogP contribution in [0.2, 0.25) is 0 Å². The molecule has 2 N–H and O–H groups in total. The van der Waals surface area contributed by atoms with Gasteiger partial charge in [0.2, 0.25) is 0 Å². The predicted octanol–water partition coefficient (Wildman–Crippen LogP) is 4.46. The molecule has 1 heterocycles. The maximum Gasteiger partial charge on any atom is 0.191 e. The van der Waals surface area contributed by atoms with Crippen LogP contribution in [0.25, 0.3) is 0 Å². The van der Waals surface area contributed by atoms with E-state index in [1.54, 1.807) is 0 Å². The first-order chi connectivity index (χ1) is 14.2. The van der Waals surface area contributed by atoms with E-state index in [0.717, 1.165) is 44.0 Å². The minimum Gasteiger partial charge on any atom is -0.357 e. The van der Waals surface area contributed by atoms with Crippen molar-refractivity contribution < 1.29 is 0 Å². The Bertz CT molecular complexity index is 821. The van der Waals surface area contributed by atoms with Gasteiger partial charge in [0.05, 0.1) is 18.2 Å². The maximum atomic E-state index is 8.92. The summed E-state index contributed by atoms with van der Waals surface area (Å²) in [6, 6.07) is 21.4. The van der Waals surface area contributed by atoms with Crippen LogP contribution in [0.15, 0.2) is 59.6 Å². The lowest BCUT2D eigenvalue weighted by atomic mass is 10.0. The summed E-state index contributed by atoms with van der Waals surface area (Å²) in [5.41, 5.74) is 3.17. The van der Waals surface area contributed by atoms with Crippen molar-refractivity contribution in [3.63, 3.8) is 0 Å². The molecule has 160 valence electrons. The van der Waals surface area contributed by atoms with Crippen molar-refractivity contribution in [1.82, 2.24) is 15.5 Å². The second-order valence-electron chi connectivity index (χ2n) is 7.55. The number of rotatable bonds is 6. The van der Waals surface area contributed by atoms with Gasteiger partial charge in [0.1, 0.15) is 0 Å². The van der Waals surface area contributed by atoms with Crippen LogP contribution in [-0.2, 0) is 6.54 Å². The van der Waals surface area contributed by atoms with E-state index in [1.807, 2.05) is 24.3 Å². The summed E-state index contributed by atoms with van der Waals surface area (Å²) < 4.78 is 0. The van der Waals surface area contributed by atoms with Crippen molar-refractivity contribution >= 4 is 29.9 Å². The summed E-state index contributed by atoms with van der Waals surface area (Å²) in [7, 11) is 0. The van der Waals surface area contributed by atoms with Gasteiger partial charge in [0.15, 0.2) is 5.96 Å². The van der Waals surface area contributed by atoms with Crippen LogP contribution in [0.3, 0.4) is 0 Å². The van der Waals surface area contributed by atoms with Gasteiger partial charge in [0, 0.05) is 31.7 Å². The van der Waals surface area contributed by atoms with Crippen LogP contribution in [0.4, 0.5) is 0 Å². The number of likely N-dealkylation sites (tertiary alicyclic amines) is 1. The van der Waals surface area contributed by atoms with Crippen molar-refractivity contribution in [2.75, 3.05) is 19.6 Å². The van der Waals surface area contributed by atoms with E-state index in [2.05, 4.69) is 65.8 Å². The van der Waals surface area contributed by atoms with Crippen molar-refractivity contribution in [1.29, 1.82) is 5.26 Å². The molecule has 1 unspecified atom stereocenters. The zero-order chi connectivity index (χ0) is 20.5. The number of piperidine rings is 1. The van der Waals surface area contributed by atoms with Crippen LogP contribution in [0, 0.1) is 11.3 Å². The van der Waals surface area contributed by atoms with Gasteiger partial charge in [-0.3, -0.25) is 4.90 Å². The number of nitrogens with one attached hydrogen (secondary N) is 2. The fourth-order valence-electron chi connectivity index (χ4n) is 3.74. The van der Waals surface area contributed by atoms with Crippen molar-refractivity contribution in [3.8, 4) is 6.07 Å². The Balaban J connectivity index is 0.00000320. The number of guanidine groups is 1. The van der Waals surface area contributed by atoms with Gasteiger partial charge in [-0.15, -0.1) is 24.0 Å². The molecule has 0 aliphatic carbocycles. The summed E-state index contributed by atoms with van der Waals surface area (Å²) in [6.45, 7) is 7.99. The van der Waals surface area contributed by atoms with Gasteiger partial charge in [-0.25, -0.2) is 4.99 Å². The van der Waals surface area contributed by atoms with E-state index in [4.69, 9.17) is 10.3 Å². The molecule has 0 bridgehead atoms. The fraction of sp³-hybridized carbons (Fsp3) is 0.417. The monoisotopic (exact) mass is 517 g/mol. The second kappa shape index (κ2) is 12.6. The highest BCUT2D eigenvalue weighted by molar-refractivity contribution is 14.0. The molecule has 1 saturated heterocycles. The fourth-order valence-corrected chi connectivity index (χ4v) is 3.74. The summed E-state index contributed by atoms with van der Waals surface area (Å²) >= 11 is 0. The van der Waals surface area contributed by atoms with Crippen LogP contribution >= 0.6 is 24.0 Å². The molecule has 2 aromatic carbocycles. The quantitative estimate of drug-likeness (QED) is 0.338. The maximum absolute atomic E-state index is 8.92. The molecule has 0 aromatic heterocycles. The summed E-state index contributed by atoms with van der Waals surface area (Å²) in [6.07, 6.45) is 2.22. The standard InChI is InChI=1S/C24H31N5.HI/c1-3-26-24(27-18-21-11-9-20(17-25)10-12-21)28-23-13-15-29(16-14-23)19(2)22-7-5-4-6-8-22;/h4-12,19,23H,3,13-16,18H2,1-2H3,(H2,26,27,28);1H. The molecule has 6 heteroatoms. The zero-order valence-corrected chi connectivity index (χ0v) is 20.2. The Morgan fingerprint density at radius 1 is 1.13 bits per heavy atom. The van der Waals surface area contributed by atoms with E-state index in [9.17, 15) is 0 Å². The van der Waals surface area contributed by atoms with E-state index in [0.29, 0.717) is 24.2 Å². The Labute approximate surface area is 197 Å². The third-order valence-corrected chi connectivity index (χ3v) is 5.55. The molecule has 2 aromatic rings. The zero-order valence-electron chi connectivity index (χ0n) is 17.8. The molecule has 30 heavy (non-hydrogen) atoms. The highest BCUT2D eigenvalue weighted by Gasteiger charge is 2.23. The highest BCUT2D eigenvalue weighted by atomic mass is 127. The topological polar surface area (TPSA) is 63.5 Å². The molecule has 0 spiro atoms. The number of halogens is 1. The van der Waals surface area contributed by atoms with Crippen LogP contribution in [0.1, 0.15) is 49.4 Å². The molecule has 1 atom stereocenters. The summed E-state index contributed by atoms with van der Waals surface area (Å²) in [5, 5.41) is 15.9. The lowest BCUT2D eigenvalue weighted by molar-refractivity contribution is 0.158. The van der Waals surface area contributed by atoms with Crippen LogP contribution in [0.5, 0.6) is 0 Å². The Hall–Kier alpha value is -2.11. The molecule has 0 saturated carbocycles. The minimum atomic E-state index is 0. The van der Waals surface area contributed by atoms with Crippen molar-refractivity contribution in [2.24, 2.45) is 4.99 Å². The average molecular weight is 517 g/mol. The SMILES string of the molecule is CCNC(=NCc1ccc(C#N)cc1)NC1CCN(C(C)c2ccccc2)CC1.I. The lowest BCUT2D eigenvalue weighted by Gasteiger charge is -2.37. The number of benzene rings is 2. The van der Waals surface area contributed by atoms with Gasteiger partial charge in [0.25, 0.3) is 0 Å². The van der Waals surface area contributed by atoms with Gasteiger partial charge < -0.3 is 10.6 Å². The van der Waals surface area contributed by atoms with Crippen molar-refractivity contribution in [2.45, 2.75) is 45.3 Å². The number of aliphatic imine (C=N–C) groups is 1. The first kappa shape index (κ1) is 24.2. The molecule has 5 nitrogen and oxygen atoms in total. The number of nitriles is 1. The Kier molecular flexibility index (Phi) is 10.1. The molecule has 1 fully saturated rings. The normalized spacial score (nSPS) is 16.2. The Morgan fingerprint density at radius 2 is 1.80 bits per heavy atom. The molecule has 1 aliphatic rings. The van der Waals surface area contributed by atoms with Crippen LogP contribution < -0.4 is 10.6 Å². The number of hydrogen-bond donors (Lipinski definition) is 2. The highest BCUT2D eigenvalue weighted by Crippen LogP contribution is 2.24. The van der Waals surface area contributed by atoms with Gasteiger partial charge in [-0.05, 0) is 49.9 Å².